The Morgan fingerprint density at radius 2 is 1.53 bits per heavy atom. The van der Waals surface area contributed by atoms with Gasteiger partial charge >= 0.3 is 11.9 Å². The van der Waals surface area contributed by atoms with Gasteiger partial charge in [0.1, 0.15) is 13.2 Å². The van der Waals surface area contributed by atoms with Crippen molar-refractivity contribution in [3.8, 4) is 0 Å². The highest BCUT2D eigenvalue weighted by Gasteiger charge is 2.59. The van der Waals surface area contributed by atoms with Crippen molar-refractivity contribution < 1.29 is 28.7 Å². The second-order valence-corrected chi connectivity index (χ2v) is 8.37. The van der Waals surface area contributed by atoms with Crippen LogP contribution in [0.2, 0.25) is 0 Å². The molecular formula is C24H32N2O6. The lowest BCUT2D eigenvalue weighted by molar-refractivity contribution is -0.141. The third-order valence-corrected chi connectivity index (χ3v) is 5.81. The Kier molecular flexibility index (Phi) is 8.57. The number of hydrogen-bond acceptors (Lipinski definition) is 6. The van der Waals surface area contributed by atoms with Crippen LogP contribution in [0.5, 0.6) is 0 Å². The van der Waals surface area contributed by atoms with E-state index in [2.05, 4.69) is 30.4 Å². The highest BCUT2D eigenvalue weighted by molar-refractivity contribution is 5.91. The van der Waals surface area contributed by atoms with E-state index in [9.17, 15) is 19.2 Å². The van der Waals surface area contributed by atoms with Gasteiger partial charge in [-0.05, 0) is 32.6 Å². The van der Waals surface area contributed by atoms with E-state index in [0.717, 1.165) is 0 Å². The maximum absolute atomic E-state index is 13.1. The minimum atomic E-state index is -0.578. The van der Waals surface area contributed by atoms with E-state index in [4.69, 9.17) is 9.47 Å². The number of hydrogen-bond donors (Lipinski definition) is 2. The Hall–Kier alpha value is -3.16. The van der Waals surface area contributed by atoms with Crippen molar-refractivity contribution >= 4 is 23.8 Å². The molecule has 2 aliphatic rings. The van der Waals surface area contributed by atoms with E-state index in [1.807, 2.05) is 12.2 Å². The monoisotopic (exact) mass is 444 g/mol. The number of allylic oxidation sites excluding steroid dienone is 3. The molecule has 2 bridgehead atoms. The number of rotatable bonds is 12. The first-order valence-corrected chi connectivity index (χ1v) is 10.6. The van der Waals surface area contributed by atoms with Crippen molar-refractivity contribution in [1.82, 2.24) is 10.6 Å². The van der Waals surface area contributed by atoms with Crippen LogP contribution in [0.1, 0.15) is 26.7 Å². The van der Waals surface area contributed by atoms with Crippen LogP contribution < -0.4 is 10.6 Å². The maximum atomic E-state index is 13.1. The van der Waals surface area contributed by atoms with E-state index < -0.39 is 29.2 Å². The molecule has 4 unspecified atom stereocenters. The highest BCUT2D eigenvalue weighted by Crippen LogP contribution is 2.58. The molecule has 8 heteroatoms. The van der Waals surface area contributed by atoms with E-state index >= 15 is 0 Å². The molecule has 2 rings (SSSR count). The average Bonchev–Trinajstić information content (AvgIpc) is 3.29. The van der Waals surface area contributed by atoms with Crippen LogP contribution in [0.15, 0.2) is 49.1 Å². The van der Waals surface area contributed by atoms with Crippen molar-refractivity contribution in [3.63, 3.8) is 0 Å². The van der Waals surface area contributed by atoms with Crippen LogP contribution in [0.3, 0.4) is 0 Å². The summed E-state index contributed by atoms with van der Waals surface area (Å²) in [5, 5.41) is 5.57. The quantitative estimate of drug-likeness (QED) is 0.206. The minimum absolute atomic E-state index is 0.0167. The molecule has 0 aliphatic heterocycles. The molecule has 0 heterocycles. The summed E-state index contributed by atoms with van der Waals surface area (Å²) in [5.74, 6) is -2.75. The minimum Gasteiger partial charge on any atom is -0.460 e. The first-order chi connectivity index (χ1) is 15.1. The second-order valence-electron chi connectivity index (χ2n) is 8.37. The lowest BCUT2D eigenvalue weighted by atomic mass is 9.70. The molecule has 8 nitrogen and oxygen atoms in total. The Morgan fingerprint density at radius 3 is 2.03 bits per heavy atom. The van der Waals surface area contributed by atoms with Gasteiger partial charge in [-0.15, -0.1) is 6.58 Å². The zero-order valence-electron chi connectivity index (χ0n) is 18.8. The van der Waals surface area contributed by atoms with Crippen molar-refractivity contribution in [2.24, 2.45) is 23.2 Å². The van der Waals surface area contributed by atoms with Gasteiger partial charge in [-0.2, -0.15) is 0 Å². The van der Waals surface area contributed by atoms with E-state index in [0.29, 0.717) is 12.8 Å². The molecule has 0 aromatic rings. The Bertz CT molecular complexity index is 845. The largest absolute Gasteiger partial charge is 0.460 e. The van der Waals surface area contributed by atoms with E-state index in [1.54, 1.807) is 19.9 Å². The Morgan fingerprint density at radius 1 is 1.00 bits per heavy atom. The molecule has 2 N–H and O–H groups in total. The molecule has 2 amide bonds. The van der Waals surface area contributed by atoms with Crippen LogP contribution in [-0.4, -0.2) is 50.1 Å². The van der Waals surface area contributed by atoms with Gasteiger partial charge in [0.05, 0.1) is 24.9 Å². The lowest BCUT2D eigenvalue weighted by Crippen LogP contribution is -2.48. The third-order valence-electron chi connectivity index (χ3n) is 5.81. The van der Waals surface area contributed by atoms with Crippen LogP contribution in [0.4, 0.5) is 0 Å². The number of carbonyl (C=O) groups is 4. The van der Waals surface area contributed by atoms with Gasteiger partial charge in [0.25, 0.3) is 0 Å². The zero-order valence-corrected chi connectivity index (χ0v) is 18.8. The summed E-state index contributed by atoms with van der Waals surface area (Å²) in [6.45, 7) is 14.2. The molecule has 1 saturated carbocycles. The van der Waals surface area contributed by atoms with Crippen molar-refractivity contribution in [2.75, 3.05) is 26.3 Å². The molecule has 4 atom stereocenters. The van der Waals surface area contributed by atoms with Crippen LogP contribution in [0.25, 0.3) is 0 Å². The average molecular weight is 445 g/mol. The number of ether oxygens (including phenoxy) is 2. The second kappa shape index (κ2) is 10.9. The Labute approximate surface area is 188 Å². The van der Waals surface area contributed by atoms with Crippen molar-refractivity contribution in [1.29, 1.82) is 0 Å². The number of esters is 2. The number of carbonyl (C=O) groups excluding carboxylic acids is 4. The smallest absolute Gasteiger partial charge is 0.333 e. The molecule has 0 spiro atoms. The summed E-state index contributed by atoms with van der Waals surface area (Å²) < 4.78 is 10.0. The van der Waals surface area contributed by atoms with Crippen LogP contribution in [0, 0.1) is 23.2 Å². The summed E-state index contributed by atoms with van der Waals surface area (Å²) in [6, 6.07) is 0. The van der Waals surface area contributed by atoms with Gasteiger partial charge < -0.3 is 20.1 Å². The standard InChI is InChI=1S/C24H32N2O6/c1-6-8-24-9-7-17(14-24)18(20(27)25-10-12-31-22(29)15(2)3)19(24)21(28)26-11-13-32-23(30)16(4)5/h6-7,9,17-19H,1-2,4,8,10-14H2,3,5H3,(H,25,27)(H,26,28). The molecule has 1 fully saturated rings. The normalized spacial score (nSPS) is 25.0. The summed E-state index contributed by atoms with van der Waals surface area (Å²) in [4.78, 5) is 49.0. The molecule has 0 aromatic heterocycles. The molecule has 32 heavy (non-hydrogen) atoms. The van der Waals surface area contributed by atoms with E-state index in [-0.39, 0.29) is 55.2 Å². The first kappa shape index (κ1) is 25.1. The summed E-state index contributed by atoms with van der Waals surface area (Å²) in [6.07, 6.45) is 7.03. The predicted octanol–water partition coefficient (Wildman–Crippen LogP) is 1.84. The third kappa shape index (κ3) is 5.75. The first-order valence-electron chi connectivity index (χ1n) is 10.6. The molecule has 174 valence electrons. The van der Waals surface area contributed by atoms with Crippen LogP contribution >= 0.6 is 0 Å². The summed E-state index contributed by atoms with van der Waals surface area (Å²) >= 11 is 0. The van der Waals surface area contributed by atoms with Gasteiger partial charge in [0, 0.05) is 16.6 Å². The van der Waals surface area contributed by atoms with Gasteiger partial charge in [0.2, 0.25) is 11.8 Å². The lowest BCUT2D eigenvalue weighted by Gasteiger charge is -2.34. The summed E-state index contributed by atoms with van der Waals surface area (Å²) in [7, 11) is 0. The van der Waals surface area contributed by atoms with E-state index in [1.165, 1.54) is 0 Å². The van der Waals surface area contributed by atoms with Gasteiger partial charge in [-0.25, -0.2) is 9.59 Å². The molecule has 0 aromatic carbocycles. The molecule has 2 aliphatic carbocycles. The summed E-state index contributed by atoms with van der Waals surface area (Å²) in [5.41, 5.74) is 0.0935. The number of nitrogens with one attached hydrogen (secondary N) is 2. The van der Waals surface area contributed by atoms with Gasteiger partial charge in [0.15, 0.2) is 0 Å². The number of amides is 2. The van der Waals surface area contributed by atoms with Crippen molar-refractivity contribution in [2.45, 2.75) is 26.7 Å². The number of fused-ring (bicyclic) bond motifs is 2. The van der Waals surface area contributed by atoms with Crippen molar-refractivity contribution in [3.05, 3.63) is 49.1 Å². The van der Waals surface area contributed by atoms with Gasteiger partial charge in [-0.1, -0.05) is 31.4 Å². The van der Waals surface area contributed by atoms with Gasteiger partial charge in [-0.3, -0.25) is 9.59 Å². The zero-order chi connectivity index (χ0) is 23.9. The maximum Gasteiger partial charge on any atom is 0.333 e. The molecule has 0 radical (unpaired) electrons. The Balaban J connectivity index is 2.00. The fourth-order valence-corrected chi connectivity index (χ4v) is 4.40. The SMILES string of the molecule is C=CCC12C=CC(C1)C(C(=O)NCCOC(=O)C(=C)C)C2C(=O)NCCOC(=O)C(=C)C. The topological polar surface area (TPSA) is 111 Å². The predicted molar refractivity (Wildman–Crippen MR) is 119 cm³/mol. The fourth-order valence-electron chi connectivity index (χ4n) is 4.40. The molecular weight excluding hydrogens is 412 g/mol. The highest BCUT2D eigenvalue weighted by atomic mass is 16.5. The van der Waals surface area contributed by atoms with Crippen LogP contribution in [-0.2, 0) is 28.7 Å². The molecule has 0 saturated heterocycles. The fraction of sp³-hybridized carbons (Fsp3) is 0.500.